The molecular formula is C16H16F2N6S. The Morgan fingerprint density at radius 3 is 2.92 bits per heavy atom. The zero-order valence-corrected chi connectivity index (χ0v) is 14.3. The number of alkyl halides is 2. The molecule has 130 valence electrons. The molecule has 1 atom stereocenters. The van der Waals surface area contributed by atoms with Gasteiger partial charge in [-0.3, -0.25) is 0 Å². The van der Waals surface area contributed by atoms with Crippen molar-refractivity contribution >= 4 is 23.2 Å². The zero-order valence-electron chi connectivity index (χ0n) is 13.5. The summed E-state index contributed by atoms with van der Waals surface area (Å²) in [6.07, 6.45) is 0.460. The first-order chi connectivity index (χ1) is 12.1. The molecule has 0 N–H and O–H groups in total. The minimum atomic E-state index is -2.63. The van der Waals surface area contributed by atoms with Crippen LogP contribution in [0.4, 0.5) is 14.6 Å². The Morgan fingerprint density at radius 1 is 1.24 bits per heavy atom. The minimum absolute atomic E-state index is 0.289. The molecule has 4 heterocycles. The maximum Gasteiger partial charge on any atom is 0.282 e. The van der Waals surface area contributed by atoms with Gasteiger partial charge in [-0.2, -0.15) is 16.9 Å². The van der Waals surface area contributed by atoms with Crippen molar-refractivity contribution in [1.29, 1.82) is 0 Å². The summed E-state index contributed by atoms with van der Waals surface area (Å²) in [5.41, 5.74) is 1.40. The van der Waals surface area contributed by atoms with Crippen LogP contribution in [0.2, 0.25) is 0 Å². The first kappa shape index (κ1) is 16.2. The summed E-state index contributed by atoms with van der Waals surface area (Å²) in [5.74, 6) is 2.94. The van der Waals surface area contributed by atoms with Crippen LogP contribution < -0.4 is 4.90 Å². The molecule has 0 radical (unpaired) electrons. The van der Waals surface area contributed by atoms with Crippen molar-refractivity contribution in [3.63, 3.8) is 0 Å². The first-order valence-corrected chi connectivity index (χ1v) is 9.08. The zero-order chi connectivity index (χ0) is 17.4. The fourth-order valence-corrected chi connectivity index (χ4v) is 3.90. The van der Waals surface area contributed by atoms with E-state index in [1.807, 2.05) is 17.8 Å². The quantitative estimate of drug-likeness (QED) is 0.714. The van der Waals surface area contributed by atoms with Gasteiger partial charge in [0.25, 0.3) is 6.43 Å². The second kappa shape index (κ2) is 6.55. The van der Waals surface area contributed by atoms with Crippen LogP contribution in [-0.2, 0) is 0 Å². The number of thioether (sulfide) groups is 1. The second-order valence-electron chi connectivity index (χ2n) is 5.85. The largest absolute Gasteiger partial charge is 0.352 e. The molecule has 3 aromatic rings. The Morgan fingerprint density at radius 2 is 2.12 bits per heavy atom. The van der Waals surface area contributed by atoms with Crippen LogP contribution in [0.3, 0.4) is 0 Å². The average molecular weight is 362 g/mol. The lowest BCUT2D eigenvalue weighted by Gasteiger charge is -2.34. The summed E-state index contributed by atoms with van der Waals surface area (Å²) >= 11 is 1.93. The number of imidazole rings is 1. The molecule has 1 aliphatic rings. The van der Waals surface area contributed by atoms with E-state index in [1.165, 1.54) is 23.0 Å². The van der Waals surface area contributed by atoms with Crippen molar-refractivity contribution in [1.82, 2.24) is 24.6 Å². The highest BCUT2D eigenvalue weighted by molar-refractivity contribution is 7.99. The lowest BCUT2D eigenvalue weighted by Crippen LogP contribution is -2.40. The number of hydrogen-bond acceptors (Lipinski definition) is 6. The van der Waals surface area contributed by atoms with Crippen molar-refractivity contribution < 1.29 is 8.78 Å². The molecule has 1 fully saturated rings. The van der Waals surface area contributed by atoms with Gasteiger partial charge >= 0.3 is 0 Å². The molecule has 1 aliphatic heterocycles. The molecule has 4 rings (SSSR count). The van der Waals surface area contributed by atoms with Gasteiger partial charge in [0.1, 0.15) is 23.5 Å². The lowest BCUT2D eigenvalue weighted by molar-refractivity contribution is 0.144. The average Bonchev–Trinajstić information content (AvgIpc) is 3.05. The SMILES string of the molecule is CC1CSCCN1c1cc(-c2cnc3ccc(C(F)F)nn23)ncn1. The summed E-state index contributed by atoms with van der Waals surface area (Å²) in [6.45, 7) is 3.09. The van der Waals surface area contributed by atoms with Crippen LogP contribution in [0.15, 0.2) is 30.7 Å². The number of aromatic nitrogens is 5. The van der Waals surface area contributed by atoms with E-state index in [9.17, 15) is 8.78 Å². The summed E-state index contributed by atoms with van der Waals surface area (Å²) < 4.78 is 27.3. The van der Waals surface area contributed by atoms with E-state index >= 15 is 0 Å². The van der Waals surface area contributed by atoms with Crippen molar-refractivity contribution in [2.75, 3.05) is 23.0 Å². The molecular weight excluding hydrogens is 346 g/mol. The molecule has 3 aromatic heterocycles. The number of halogens is 2. The highest BCUT2D eigenvalue weighted by atomic mass is 32.2. The third-order valence-electron chi connectivity index (χ3n) is 4.18. The predicted molar refractivity (Wildman–Crippen MR) is 93.1 cm³/mol. The molecule has 0 saturated carbocycles. The number of rotatable bonds is 3. The van der Waals surface area contributed by atoms with Gasteiger partial charge in [-0.25, -0.2) is 28.2 Å². The van der Waals surface area contributed by atoms with Gasteiger partial charge in [-0.05, 0) is 19.1 Å². The normalized spacial score (nSPS) is 18.2. The number of nitrogens with zero attached hydrogens (tertiary/aromatic N) is 6. The van der Waals surface area contributed by atoms with Gasteiger partial charge in [0.15, 0.2) is 5.65 Å². The van der Waals surface area contributed by atoms with Crippen LogP contribution in [0, 0.1) is 0 Å². The number of hydrogen-bond donors (Lipinski definition) is 0. The molecule has 25 heavy (non-hydrogen) atoms. The van der Waals surface area contributed by atoms with E-state index in [0.29, 0.717) is 23.1 Å². The molecule has 9 heteroatoms. The smallest absolute Gasteiger partial charge is 0.282 e. The molecule has 0 aliphatic carbocycles. The maximum atomic E-state index is 13.0. The van der Waals surface area contributed by atoms with Crippen LogP contribution in [0.1, 0.15) is 19.0 Å². The molecule has 1 unspecified atom stereocenters. The Bertz CT molecular complexity index is 899. The lowest BCUT2D eigenvalue weighted by atomic mass is 10.2. The van der Waals surface area contributed by atoms with Gasteiger partial charge in [0.05, 0.1) is 11.9 Å². The third-order valence-corrected chi connectivity index (χ3v) is 5.37. The van der Waals surface area contributed by atoms with Gasteiger partial charge in [0.2, 0.25) is 0 Å². The third kappa shape index (κ3) is 3.04. The monoisotopic (exact) mass is 362 g/mol. The standard InChI is InChI=1S/C16H16F2N6S/c1-10-8-25-5-4-23(10)15-6-12(20-9-21-15)13-7-19-14-3-2-11(16(17)18)22-24(13)14/h2-3,6-7,9-10,16H,4-5,8H2,1H3. The summed E-state index contributed by atoms with van der Waals surface area (Å²) in [5, 5.41) is 4.00. The Kier molecular flexibility index (Phi) is 4.24. The van der Waals surface area contributed by atoms with Crippen molar-refractivity contribution in [2.24, 2.45) is 0 Å². The Labute approximate surface area is 147 Å². The van der Waals surface area contributed by atoms with Gasteiger partial charge in [-0.1, -0.05) is 0 Å². The summed E-state index contributed by atoms with van der Waals surface area (Å²) in [4.78, 5) is 15.1. The molecule has 1 saturated heterocycles. The fraction of sp³-hybridized carbons (Fsp3) is 0.375. The van der Waals surface area contributed by atoms with E-state index in [0.717, 1.165) is 23.9 Å². The van der Waals surface area contributed by atoms with Crippen LogP contribution in [0.5, 0.6) is 0 Å². The van der Waals surface area contributed by atoms with Crippen LogP contribution in [0.25, 0.3) is 17.0 Å². The summed E-state index contributed by atoms with van der Waals surface area (Å²) in [6, 6.07) is 5.07. The van der Waals surface area contributed by atoms with Crippen molar-refractivity contribution in [3.8, 4) is 11.4 Å². The molecule has 0 amide bonds. The molecule has 0 bridgehead atoms. The fourth-order valence-electron chi connectivity index (χ4n) is 2.89. The van der Waals surface area contributed by atoms with Crippen LogP contribution in [-0.4, -0.2) is 48.7 Å². The Hall–Kier alpha value is -2.29. The van der Waals surface area contributed by atoms with E-state index in [-0.39, 0.29) is 5.69 Å². The topological polar surface area (TPSA) is 59.2 Å². The predicted octanol–water partition coefficient (Wildman–Crippen LogP) is 3.07. The maximum absolute atomic E-state index is 13.0. The van der Waals surface area contributed by atoms with E-state index in [2.05, 4.69) is 31.9 Å². The second-order valence-corrected chi connectivity index (χ2v) is 7.00. The van der Waals surface area contributed by atoms with E-state index in [4.69, 9.17) is 0 Å². The van der Waals surface area contributed by atoms with E-state index < -0.39 is 6.43 Å². The molecule has 0 aromatic carbocycles. The van der Waals surface area contributed by atoms with Crippen molar-refractivity contribution in [3.05, 3.63) is 36.4 Å². The molecule has 6 nitrogen and oxygen atoms in total. The minimum Gasteiger partial charge on any atom is -0.352 e. The molecule has 0 spiro atoms. The van der Waals surface area contributed by atoms with Gasteiger partial charge < -0.3 is 4.90 Å². The first-order valence-electron chi connectivity index (χ1n) is 7.93. The van der Waals surface area contributed by atoms with E-state index in [1.54, 1.807) is 6.20 Å². The Balaban J connectivity index is 1.76. The highest BCUT2D eigenvalue weighted by Crippen LogP contribution is 2.26. The van der Waals surface area contributed by atoms with Gasteiger partial charge in [0, 0.05) is 30.2 Å². The number of anilines is 1. The summed E-state index contributed by atoms with van der Waals surface area (Å²) in [7, 11) is 0. The van der Waals surface area contributed by atoms with Crippen LogP contribution >= 0.6 is 11.8 Å². The van der Waals surface area contributed by atoms with Gasteiger partial charge in [-0.15, -0.1) is 0 Å². The van der Waals surface area contributed by atoms with Crippen molar-refractivity contribution in [2.45, 2.75) is 19.4 Å². The number of fused-ring (bicyclic) bond motifs is 1. The highest BCUT2D eigenvalue weighted by Gasteiger charge is 2.21.